The predicted molar refractivity (Wildman–Crippen MR) is 117 cm³/mol. The number of aliphatic hydroxyl groups is 1. The Bertz CT molecular complexity index is 1070. The number of hydrazine groups is 1. The van der Waals surface area contributed by atoms with Gasteiger partial charge in [-0.1, -0.05) is 54.6 Å². The van der Waals surface area contributed by atoms with Crippen molar-refractivity contribution in [1.82, 2.24) is 10.0 Å². The number of carbonyl (C=O) groups excluding carboxylic acids is 1. The zero-order valence-corrected chi connectivity index (χ0v) is 17.2. The number of fused-ring (bicyclic) bond motifs is 3. The van der Waals surface area contributed by atoms with Gasteiger partial charge in [0.2, 0.25) is 0 Å². The molecule has 5 heteroatoms. The molecule has 0 radical (unpaired) electrons. The Morgan fingerprint density at radius 2 is 1.68 bits per heavy atom. The molecule has 0 saturated carbocycles. The average Bonchev–Trinajstić information content (AvgIpc) is 3.14. The van der Waals surface area contributed by atoms with Crippen molar-refractivity contribution in [1.29, 1.82) is 0 Å². The Morgan fingerprint density at radius 3 is 2.42 bits per heavy atom. The number of benzene rings is 3. The number of nitrogens with zero attached hydrogens (tertiary/aromatic N) is 2. The van der Waals surface area contributed by atoms with Crippen molar-refractivity contribution >= 4 is 5.91 Å². The molecule has 4 nitrogen and oxygen atoms in total. The van der Waals surface area contributed by atoms with Gasteiger partial charge in [0.25, 0.3) is 5.91 Å². The first-order chi connectivity index (χ1) is 15.2. The molecule has 1 fully saturated rings. The van der Waals surface area contributed by atoms with Crippen LogP contribution in [0.25, 0.3) is 0 Å². The average molecular weight is 416 g/mol. The molecule has 3 atom stereocenters. The second-order valence-electron chi connectivity index (χ2n) is 8.23. The molecule has 5 rings (SSSR count). The molecule has 31 heavy (non-hydrogen) atoms. The summed E-state index contributed by atoms with van der Waals surface area (Å²) in [5.74, 6) is -0.409. The standard InChI is InChI=1S/C26H25FN2O2/c27-21-12-10-19(11-13-21)24-23(15-17-30)29(26(31)20-7-2-1-3-8-20)28-16-14-18-6-4-5-9-22(18)25(24)28/h1-13,23-25,30H,14-17H2. The first-order valence-electron chi connectivity index (χ1n) is 10.8. The van der Waals surface area contributed by atoms with Gasteiger partial charge < -0.3 is 5.11 Å². The molecule has 3 unspecified atom stereocenters. The summed E-state index contributed by atoms with van der Waals surface area (Å²) < 4.78 is 13.7. The fourth-order valence-electron chi connectivity index (χ4n) is 5.26. The summed E-state index contributed by atoms with van der Waals surface area (Å²) in [5, 5.41) is 14.0. The zero-order chi connectivity index (χ0) is 21.4. The van der Waals surface area contributed by atoms with E-state index in [2.05, 4.69) is 23.2 Å². The highest BCUT2D eigenvalue weighted by Gasteiger charge is 2.52. The minimum Gasteiger partial charge on any atom is -0.396 e. The molecule has 3 aromatic carbocycles. The largest absolute Gasteiger partial charge is 0.396 e. The molecule has 1 amide bonds. The summed E-state index contributed by atoms with van der Waals surface area (Å²) in [6.45, 7) is 0.697. The minimum absolute atomic E-state index is 0.0247. The summed E-state index contributed by atoms with van der Waals surface area (Å²) in [5.41, 5.74) is 4.10. The highest BCUT2D eigenvalue weighted by atomic mass is 19.1. The van der Waals surface area contributed by atoms with Crippen molar-refractivity contribution in [3.63, 3.8) is 0 Å². The number of rotatable bonds is 4. The molecule has 3 aromatic rings. The maximum atomic E-state index is 13.7. The first-order valence-corrected chi connectivity index (χ1v) is 10.8. The van der Waals surface area contributed by atoms with E-state index < -0.39 is 0 Å². The Labute approximate surface area is 181 Å². The zero-order valence-electron chi connectivity index (χ0n) is 17.2. The molecule has 0 spiro atoms. The summed E-state index contributed by atoms with van der Waals surface area (Å²) in [7, 11) is 0. The topological polar surface area (TPSA) is 43.8 Å². The van der Waals surface area contributed by atoms with E-state index in [-0.39, 0.29) is 36.3 Å². The van der Waals surface area contributed by atoms with Gasteiger partial charge in [-0.25, -0.2) is 9.40 Å². The molecule has 1 saturated heterocycles. The highest BCUT2D eigenvalue weighted by molar-refractivity contribution is 5.94. The van der Waals surface area contributed by atoms with E-state index in [4.69, 9.17) is 0 Å². The lowest BCUT2D eigenvalue weighted by atomic mass is 9.79. The number of carbonyl (C=O) groups is 1. The minimum atomic E-state index is -0.279. The van der Waals surface area contributed by atoms with Crippen molar-refractivity contribution in [2.75, 3.05) is 13.2 Å². The summed E-state index contributed by atoms with van der Waals surface area (Å²) in [6.07, 6.45) is 1.31. The molecule has 1 N–H and O–H groups in total. The van der Waals surface area contributed by atoms with Crippen LogP contribution in [0.15, 0.2) is 78.9 Å². The lowest BCUT2D eigenvalue weighted by Gasteiger charge is -2.38. The van der Waals surface area contributed by atoms with E-state index in [9.17, 15) is 14.3 Å². The number of hydrogen-bond acceptors (Lipinski definition) is 3. The van der Waals surface area contributed by atoms with E-state index >= 15 is 0 Å². The van der Waals surface area contributed by atoms with Crippen molar-refractivity contribution in [3.8, 4) is 0 Å². The van der Waals surface area contributed by atoms with E-state index in [1.165, 1.54) is 23.3 Å². The van der Waals surface area contributed by atoms with Crippen molar-refractivity contribution < 1.29 is 14.3 Å². The van der Waals surface area contributed by atoms with Crippen molar-refractivity contribution in [2.24, 2.45) is 0 Å². The van der Waals surface area contributed by atoms with Crippen molar-refractivity contribution in [3.05, 3.63) is 107 Å². The molecule has 2 aliphatic heterocycles. The second kappa shape index (κ2) is 8.25. The Morgan fingerprint density at radius 1 is 0.968 bits per heavy atom. The lowest BCUT2D eigenvalue weighted by Crippen LogP contribution is -2.48. The number of halogens is 1. The van der Waals surface area contributed by atoms with Gasteiger partial charge in [-0.3, -0.25) is 9.80 Å². The van der Waals surface area contributed by atoms with Crippen LogP contribution in [-0.2, 0) is 6.42 Å². The third-order valence-corrected chi connectivity index (χ3v) is 6.56. The highest BCUT2D eigenvalue weighted by Crippen LogP contribution is 2.51. The number of amides is 1. The van der Waals surface area contributed by atoms with Crippen LogP contribution in [0.1, 0.15) is 45.4 Å². The van der Waals surface area contributed by atoms with Crippen LogP contribution in [0, 0.1) is 5.82 Å². The predicted octanol–water partition coefficient (Wildman–Crippen LogP) is 4.33. The van der Waals surface area contributed by atoms with Crippen LogP contribution in [0.4, 0.5) is 4.39 Å². The summed E-state index contributed by atoms with van der Waals surface area (Å²) in [6, 6.07) is 24.0. The Hall–Kier alpha value is -3.02. The third kappa shape index (κ3) is 3.44. The van der Waals surface area contributed by atoms with Crippen LogP contribution >= 0.6 is 0 Å². The van der Waals surface area contributed by atoms with Crippen LogP contribution in [0.5, 0.6) is 0 Å². The molecule has 0 aliphatic carbocycles. The van der Waals surface area contributed by atoms with Crippen LogP contribution < -0.4 is 0 Å². The van der Waals surface area contributed by atoms with Crippen molar-refractivity contribution in [2.45, 2.75) is 30.8 Å². The van der Waals surface area contributed by atoms with Gasteiger partial charge in [-0.05, 0) is 53.8 Å². The van der Waals surface area contributed by atoms with Gasteiger partial charge >= 0.3 is 0 Å². The first kappa shape index (κ1) is 19.9. The third-order valence-electron chi connectivity index (χ3n) is 6.56. The van der Waals surface area contributed by atoms with E-state index in [0.29, 0.717) is 12.0 Å². The van der Waals surface area contributed by atoms with Crippen LogP contribution in [0.3, 0.4) is 0 Å². The number of aliphatic hydroxyl groups excluding tert-OH is 1. The van der Waals surface area contributed by atoms with Gasteiger partial charge in [0.1, 0.15) is 5.82 Å². The maximum absolute atomic E-state index is 13.7. The number of hydrogen-bond donors (Lipinski definition) is 1. The van der Waals surface area contributed by atoms with Gasteiger partial charge in [-0.15, -0.1) is 0 Å². The molecule has 2 aliphatic rings. The lowest BCUT2D eigenvalue weighted by molar-refractivity contribution is -0.0182. The molecule has 0 bridgehead atoms. The molecule has 2 heterocycles. The fraction of sp³-hybridized carbons (Fsp3) is 0.269. The summed E-state index contributed by atoms with van der Waals surface area (Å²) in [4.78, 5) is 13.7. The molecule has 158 valence electrons. The quantitative estimate of drug-likeness (QED) is 0.689. The molecular weight excluding hydrogens is 391 g/mol. The van der Waals surface area contributed by atoms with Gasteiger partial charge in [-0.2, -0.15) is 0 Å². The Kier molecular flexibility index (Phi) is 5.30. The van der Waals surface area contributed by atoms with Gasteiger partial charge in [0, 0.05) is 24.6 Å². The molecule has 0 aromatic heterocycles. The van der Waals surface area contributed by atoms with E-state index in [0.717, 1.165) is 18.5 Å². The fourth-order valence-corrected chi connectivity index (χ4v) is 5.26. The maximum Gasteiger partial charge on any atom is 0.268 e. The summed E-state index contributed by atoms with van der Waals surface area (Å²) >= 11 is 0. The Balaban J connectivity index is 1.66. The van der Waals surface area contributed by atoms with Gasteiger partial charge in [0.05, 0.1) is 12.1 Å². The normalized spacial score (nSPS) is 22.8. The van der Waals surface area contributed by atoms with E-state index in [1.807, 2.05) is 53.5 Å². The second-order valence-corrected chi connectivity index (χ2v) is 8.23. The van der Waals surface area contributed by atoms with Crippen LogP contribution in [0.2, 0.25) is 0 Å². The SMILES string of the molecule is O=C(c1ccccc1)N1C(CCO)C(c2ccc(F)cc2)C2c3ccccc3CCN21. The smallest absolute Gasteiger partial charge is 0.268 e. The molecular formula is C26H25FN2O2. The van der Waals surface area contributed by atoms with Crippen LogP contribution in [-0.4, -0.2) is 40.2 Å². The monoisotopic (exact) mass is 416 g/mol. The van der Waals surface area contributed by atoms with E-state index in [1.54, 1.807) is 0 Å². The van der Waals surface area contributed by atoms with Gasteiger partial charge in [0.15, 0.2) is 0 Å².